The zero-order valence-corrected chi connectivity index (χ0v) is 5.98. The van der Waals surface area contributed by atoms with E-state index < -0.39 is 0 Å². The molecule has 0 radical (unpaired) electrons. The normalized spacial score (nSPS) is 8.67. The van der Waals surface area contributed by atoms with Crippen LogP contribution in [0.25, 0.3) is 0 Å². The van der Waals surface area contributed by atoms with E-state index in [4.69, 9.17) is 10.1 Å². The van der Waals surface area contributed by atoms with Crippen LogP contribution in [0.3, 0.4) is 0 Å². The summed E-state index contributed by atoms with van der Waals surface area (Å²) in [5.41, 5.74) is 1.25. The molecule has 2 heteroatoms. The van der Waals surface area contributed by atoms with Crippen molar-refractivity contribution in [1.29, 1.82) is 5.41 Å². The van der Waals surface area contributed by atoms with Gasteiger partial charge < -0.3 is 10.1 Å². The average molecular weight is 127 g/mol. The first kappa shape index (κ1) is 8.37. The Kier molecular flexibility index (Phi) is 5.12. The summed E-state index contributed by atoms with van der Waals surface area (Å²) in [7, 11) is 0. The first-order chi connectivity index (χ1) is 4.27. The average Bonchev–Trinajstić information content (AvgIpc) is 1.80. The molecule has 0 aromatic rings. The van der Waals surface area contributed by atoms with Crippen molar-refractivity contribution in [3.05, 3.63) is 11.6 Å². The van der Waals surface area contributed by atoms with Crippen molar-refractivity contribution in [2.24, 2.45) is 0 Å². The molecule has 0 aliphatic carbocycles. The van der Waals surface area contributed by atoms with Crippen LogP contribution in [-0.2, 0) is 4.74 Å². The maximum atomic E-state index is 6.62. The topological polar surface area (TPSA) is 33.1 Å². The fourth-order valence-electron chi connectivity index (χ4n) is 0.353. The van der Waals surface area contributed by atoms with Gasteiger partial charge in [-0.25, -0.2) is 0 Å². The summed E-state index contributed by atoms with van der Waals surface area (Å²) in [5, 5.41) is 6.62. The molecule has 0 saturated heterocycles. The van der Waals surface area contributed by atoms with Crippen molar-refractivity contribution in [1.82, 2.24) is 0 Å². The lowest BCUT2D eigenvalue weighted by Gasteiger charge is -1.93. The third-order valence-corrected chi connectivity index (χ3v) is 0.811. The highest BCUT2D eigenvalue weighted by Gasteiger charge is 1.78. The minimum Gasteiger partial charge on any atom is -0.372 e. The Bertz CT molecular complexity index is 103. The number of hydrogen-bond donors (Lipinski definition) is 1. The fraction of sp³-hybridized carbons (Fsp3) is 0.571. The minimum absolute atomic E-state index is 0.420. The SMILES string of the molecule is CC(C)=CCOCC=N. The molecule has 0 aliphatic heterocycles. The predicted octanol–water partition coefficient (Wildman–Crippen LogP) is 1.62. The first-order valence-corrected chi connectivity index (χ1v) is 2.97. The molecule has 0 fully saturated rings. The largest absolute Gasteiger partial charge is 0.372 e. The standard InChI is InChI=1S/C7H13NO/c1-7(2)3-5-9-6-4-8/h3-4,8H,5-6H2,1-2H3. The Labute approximate surface area is 56.0 Å². The van der Waals surface area contributed by atoms with Gasteiger partial charge in [-0.15, -0.1) is 0 Å². The summed E-state index contributed by atoms with van der Waals surface area (Å²) < 4.78 is 4.97. The quantitative estimate of drug-likeness (QED) is 0.347. The van der Waals surface area contributed by atoms with E-state index >= 15 is 0 Å². The Morgan fingerprint density at radius 2 is 2.11 bits per heavy atom. The van der Waals surface area contributed by atoms with E-state index in [2.05, 4.69) is 0 Å². The molecule has 0 saturated carbocycles. The van der Waals surface area contributed by atoms with Crippen LogP contribution in [0.2, 0.25) is 0 Å². The van der Waals surface area contributed by atoms with Crippen molar-refractivity contribution >= 4 is 6.21 Å². The van der Waals surface area contributed by atoms with Gasteiger partial charge in [0.1, 0.15) is 0 Å². The second-order valence-electron chi connectivity index (χ2n) is 2.02. The molecule has 52 valence electrons. The second-order valence-corrected chi connectivity index (χ2v) is 2.02. The van der Waals surface area contributed by atoms with Crippen molar-refractivity contribution in [3.63, 3.8) is 0 Å². The van der Waals surface area contributed by atoms with Gasteiger partial charge in [0.25, 0.3) is 0 Å². The summed E-state index contributed by atoms with van der Waals surface area (Å²) in [5.74, 6) is 0. The van der Waals surface area contributed by atoms with Crippen LogP contribution >= 0.6 is 0 Å². The van der Waals surface area contributed by atoms with Crippen LogP contribution in [0.1, 0.15) is 13.8 Å². The monoisotopic (exact) mass is 127 g/mol. The molecule has 0 heterocycles. The Morgan fingerprint density at radius 1 is 1.44 bits per heavy atom. The second kappa shape index (κ2) is 5.51. The summed E-state index contributed by atoms with van der Waals surface area (Å²) >= 11 is 0. The van der Waals surface area contributed by atoms with E-state index in [0.717, 1.165) is 0 Å². The van der Waals surface area contributed by atoms with Gasteiger partial charge >= 0.3 is 0 Å². The fourth-order valence-corrected chi connectivity index (χ4v) is 0.353. The van der Waals surface area contributed by atoms with Crippen LogP contribution in [0.5, 0.6) is 0 Å². The van der Waals surface area contributed by atoms with Crippen LogP contribution in [0.4, 0.5) is 0 Å². The van der Waals surface area contributed by atoms with Gasteiger partial charge in [0, 0.05) is 6.21 Å². The van der Waals surface area contributed by atoms with Gasteiger partial charge in [0.2, 0.25) is 0 Å². The maximum absolute atomic E-state index is 6.62. The number of nitrogens with one attached hydrogen (secondary N) is 1. The van der Waals surface area contributed by atoms with Gasteiger partial charge in [0.15, 0.2) is 0 Å². The van der Waals surface area contributed by atoms with Crippen LogP contribution in [0, 0.1) is 5.41 Å². The zero-order valence-electron chi connectivity index (χ0n) is 5.98. The molecule has 0 unspecified atom stereocenters. The molecule has 2 nitrogen and oxygen atoms in total. The molecular weight excluding hydrogens is 114 g/mol. The molecule has 0 aromatic heterocycles. The van der Waals surface area contributed by atoms with Crippen molar-refractivity contribution in [2.45, 2.75) is 13.8 Å². The molecule has 0 aliphatic rings. The van der Waals surface area contributed by atoms with Crippen LogP contribution < -0.4 is 0 Å². The number of allylic oxidation sites excluding steroid dienone is 1. The minimum atomic E-state index is 0.420. The smallest absolute Gasteiger partial charge is 0.0815 e. The van der Waals surface area contributed by atoms with Crippen LogP contribution in [0.15, 0.2) is 11.6 Å². The van der Waals surface area contributed by atoms with Gasteiger partial charge in [0.05, 0.1) is 13.2 Å². The molecule has 0 aromatic carbocycles. The molecule has 0 bridgehead atoms. The van der Waals surface area contributed by atoms with Gasteiger partial charge in [-0.3, -0.25) is 0 Å². The Balaban J connectivity index is 3.09. The van der Waals surface area contributed by atoms with Gasteiger partial charge in [-0.05, 0) is 13.8 Å². The highest BCUT2D eigenvalue weighted by atomic mass is 16.5. The third-order valence-electron chi connectivity index (χ3n) is 0.811. The van der Waals surface area contributed by atoms with E-state index in [0.29, 0.717) is 13.2 Å². The van der Waals surface area contributed by atoms with Crippen LogP contribution in [-0.4, -0.2) is 19.4 Å². The van der Waals surface area contributed by atoms with E-state index in [1.54, 1.807) is 0 Å². The Morgan fingerprint density at radius 3 is 2.56 bits per heavy atom. The molecule has 0 amide bonds. The summed E-state index contributed by atoms with van der Waals surface area (Å²) in [6, 6.07) is 0. The van der Waals surface area contributed by atoms with Crippen molar-refractivity contribution in [2.75, 3.05) is 13.2 Å². The molecule has 0 spiro atoms. The highest BCUT2D eigenvalue weighted by molar-refractivity contribution is 5.54. The van der Waals surface area contributed by atoms with Crippen molar-refractivity contribution in [3.8, 4) is 0 Å². The summed E-state index contributed by atoms with van der Waals surface area (Å²) in [6.07, 6.45) is 3.24. The van der Waals surface area contributed by atoms with Crippen molar-refractivity contribution < 1.29 is 4.74 Å². The molecular formula is C7H13NO. The summed E-state index contributed by atoms with van der Waals surface area (Å²) in [4.78, 5) is 0. The first-order valence-electron chi connectivity index (χ1n) is 2.97. The van der Waals surface area contributed by atoms with Gasteiger partial charge in [-0.2, -0.15) is 0 Å². The third kappa shape index (κ3) is 7.37. The Hall–Kier alpha value is -0.630. The lowest BCUT2D eigenvalue weighted by molar-refractivity contribution is 0.206. The lowest BCUT2D eigenvalue weighted by atomic mass is 10.3. The molecule has 0 rings (SSSR count). The van der Waals surface area contributed by atoms with Gasteiger partial charge in [-0.1, -0.05) is 11.6 Å². The zero-order chi connectivity index (χ0) is 7.11. The van der Waals surface area contributed by atoms with E-state index in [1.807, 2.05) is 19.9 Å². The van der Waals surface area contributed by atoms with E-state index in [-0.39, 0.29) is 0 Å². The molecule has 0 atom stereocenters. The maximum Gasteiger partial charge on any atom is 0.0815 e. The van der Waals surface area contributed by atoms with E-state index in [9.17, 15) is 0 Å². The van der Waals surface area contributed by atoms with E-state index in [1.165, 1.54) is 11.8 Å². The lowest BCUT2D eigenvalue weighted by Crippen LogP contribution is -1.93. The highest BCUT2D eigenvalue weighted by Crippen LogP contribution is 1.86. The predicted molar refractivity (Wildman–Crippen MR) is 39.0 cm³/mol. The molecule has 9 heavy (non-hydrogen) atoms. The number of rotatable bonds is 4. The number of ether oxygens (including phenoxy) is 1. The number of hydrogen-bond acceptors (Lipinski definition) is 2. The summed E-state index contributed by atoms with van der Waals surface area (Å²) in [6.45, 7) is 5.09. The molecule has 1 N–H and O–H groups in total.